The third-order valence-electron chi connectivity index (χ3n) is 4.92. The van der Waals surface area contributed by atoms with Gasteiger partial charge >= 0.3 is 6.18 Å². The van der Waals surface area contributed by atoms with Crippen molar-refractivity contribution in [3.8, 4) is 0 Å². The predicted molar refractivity (Wildman–Crippen MR) is 103 cm³/mol. The molecule has 1 heterocycles. The van der Waals surface area contributed by atoms with E-state index >= 15 is 0 Å². The van der Waals surface area contributed by atoms with E-state index in [0.717, 1.165) is 5.69 Å². The molecule has 3 rings (SSSR count). The molecule has 1 N–H and O–H groups in total. The lowest BCUT2D eigenvalue weighted by Gasteiger charge is -2.36. The van der Waals surface area contributed by atoms with Crippen molar-refractivity contribution in [2.75, 3.05) is 37.6 Å². The summed E-state index contributed by atoms with van der Waals surface area (Å²) >= 11 is 0. The van der Waals surface area contributed by atoms with Crippen LogP contribution in [0.25, 0.3) is 0 Å². The predicted octanol–water partition coefficient (Wildman–Crippen LogP) is 3.54. The number of hydrogen-bond acceptors (Lipinski definition) is 3. The van der Waals surface area contributed by atoms with E-state index in [1.165, 1.54) is 17.7 Å². The van der Waals surface area contributed by atoms with Crippen molar-refractivity contribution in [1.82, 2.24) is 10.2 Å². The van der Waals surface area contributed by atoms with E-state index in [1.54, 1.807) is 23.1 Å². The summed E-state index contributed by atoms with van der Waals surface area (Å²) in [5.74, 6) is -0.311. The Hall–Kier alpha value is -2.54. The second kappa shape index (κ2) is 8.65. The highest BCUT2D eigenvalue weighted by molar-refractivity contribution is 5.78. The van der Waals surface area contributed by atoms with Gasteiger partial charge in [-0.05, 0) is 30.2 Å². The molecule has 1 saturated heterocycles. The van der Waals surface area contributed by atoms with Crippen molar-refractivity contribution >= 4 is 11.6 Å². The van der Waals surface area contributed by atoms with Crippen LogP contribution in [0.3, 0.4) is 0 Å². The number of amides is 1. The normalized spacial score (nSPS) is 16.1. The SMILES string of the molecule is Cc1cccc(N2CCN(C(=O)CNC(c3ccccc3)C(F)(F)F)CC2)c1. The van der Waals surface area contributed by atoms with Gasteiger partial charge in [0.25, 0.3) is 0 Å². The smallest absolute Gasteiger partial charge is 0.368 e. The molecule has 0 radical (unpaired) electrons. The molecule has 0 bridgehead atoms. The Morgan fingerprint density at radius 2 is 1.71 bits per heavy atom. The number of rotatable bonds is 5. The highest BCUT2D eigenvalue weighted by Crippen LogP contribution is 2.32. The van der Waals surface area contributed by atoms with Gasteiger partial charge < -0.3 is 9.80 Å². The molecule has 150 valence electrons. The van der Waals surface area contributed by atoms with Gasteiger partial charge in [0.15, 0.2) is 0 Å². The van der Waals surface area contributed by atoms with Gasteiger partial charge in [-0.1, -0.05) is 42.5 Å². The Kier molecular flexibility index (Phi) is 6.24. The van der Waals surface area contributed by atoms with Crippen LogP contribution in [0.1, 0.15) is 17.2 Å². The standard InChI is InChI=1S/C21H24F3N3O/c1-16-6-5-9-18(14-16)26-10-12-27(13-11-26)19(28)15-25-20(21(22,23)24)17-7-3-2-4-8-17/h2-9,14,20,25H,10-13,15H2,1H3. The molecule has 2 aromatic carbocycles. The number of carbonyl (C=O) groups excluding carboxylic acids is 1. The molecule has 1 fully saturated rings. The van der Waals surface area contributed by atoms with E-state index in [-0.39, 0.29) is 18.0 Å². The van der Waals surface area contributed by atoms with E-state index in [2.05, 4.69) is 16.3 Å². The molecule has 0 saturated carbocycles. The summed E-state index contributed by atoms with van der Waals surface area (Å²) in [5.41, 5.74) is 2.37. The van der Waals surface area contributed by atoms with Crippen molar-refractivity contribution in [2.45, 2.75) is 19.1 Å². The van der Waals surface area contributed by atoms with Crippen molar-refractivity contribution in [3.05, 3.63) is 65.7 Å². The van der Waals surface area contributed by atoms with Crippen molar-refractivity contribution < 1.29 is 18.0 Å². The van der Waals surface area contributed by atoms with Crippen LogP contribution in [-0.4, -0.2) is 49.7 Å². The highest BCUT2D eigenvalue weighted by atomic mass is 19.4. The van der Waals surface area contributed by atoms with Gasteiger partial charge in [-0.3, -0.25) is 10.1 Å². The lowest BCUT2D eigenvalue weighted by atomic mass is 10.1. The topological polar surface area (TPSA) is 35.6 Å². The zero-order chi connectivity index (χ0) is 20.1. The summed E-state index contributed by atoms with van der Waals surface area (Å²) in [6.45, 7) is 4.00. The average molecular weight is 391 g/mol. The van der Waals surface area contributed by atoms with Gasteiger partial charge in [0.2, 0.25) is 5.91 Å². The maximum atomic E-state index is 13.4. The van der Waals surface area contributed by atoms with E-state index in [0.29, 0.717) is 26.2 Å². The minimum atomic E-state index is -4.47. The Morgan fingerprint density at radius 1 is 1.04 bits per heavy atom. The molecule has 0 aliphatic carbocycles. The van der Waals surface area contributed by atoms with E-state index < -0.39 is 12.2 Å². The molecule has 28 heavy (non-hydrogen) atoms. The van der Waals surface area contributed by atoms with Crippen molar-refractivity contribution in [3.63, 3.8) is 0 Å². The molecule has 0 spiro atoms. The van der Waals surface area contributed by atoms with Gasteiger partial charge in [0.1, 0.15) is 6.04 Å². The Morgan fingerprint density at radius 3 is 2.32 bits per heavy atom. The lowest BCUT2D eigenvalue weighted by Crippen LogP contribution is -2.51. The summed E-state index contributed by atoms with van der Waals surface area (Å²) in [5, 5.41) is 2.39. The molecule has 1 aliphatic rings. The Balaban J connectivity index is 1.55. The van der Waals surface area contributed by atoms with Crippen LogP contribution in [0, 0.1) is 6.92 Å². The first kappa shape index (κ1) is 20.2. The van der Waals surface area contributed by atoms with Crippen molar-refractivity contribution in [1.29, 1.82) is 0 Å². The minimum Gasteiger partial charge on any atom is -0.368 e. The maximum absolute atomic E-state index is 13.4. The monoisotopic (exact) mass is 391 g/mol. The summed E-state index contributed by atoms with van der Waals surface area (Å²) in [7, 11) is 0. The Bertz CT molecular complexity index is 787. The highest BCUT2D eigenvalue weighted by Gasteiger charge is 2.40. The molecule has 1 aliphatic heterocycles. The van der Waals surface area contributed by atoms with Crippen LogP contribution in [0.15, 0.2) is 54.6 Å². The molecule has 2 aromatic rings. The van der Waals surface area contributed by atoms with E-state index in [4.69, 9.17) is 0 Å². The second-order valence-electron chi connectivity index (χ2n) is 6.97. The third kappa shape index (κ3) is 5.04. The molecule has 1 unspecified atom stereocenters. The molecule has 0 aromatic heterocycles. The summed E-state index contributed by atoms with van der Waals surface area (Å²) < 4.78 is 40.1. The van der Waals surface area contributed by atoms with E-state index in [9.17, 15) is 18.0 Å². The largest absolute Gasteiger partial charge is 0.407 e. The Labute approximate surface area is 162 Å². The number of alkyl halides is 3. The summed E-state index contributed by atoms with van der Waals surface area (Å²) in [6, 6.07) is 13.9. The average Bonchev–Trinajstić information content (AvgIpc) is 2.68. The zero-order valence-corrected chi connectivity index (χ0v) is 15.7. The summed E-state index contributed by atoms with van der Waals surface area (Å²) in [4.78, 5) is 16.2. The van der Waals surface area contributed by atoms with Crippen LogP contribution in [0.5, 0.6) is 0 Å². The lowest BCUT2D eigenvalue weighted by molar-refractivity contribution is -0.159. The van der Waals surface area contributed by atoms with Gasteiger partial charge in [-0.15, -0.1) is 0 Å². The molecule has 4 nitrogen and oxygen atoms in total. The van der Waals surface area contributed by atoms with Gasteiger partial charge in [-0.2, -0.15) is 13.2 Å². The number of nitrogens with zero attached hydrogens (tertiary/aromatic N) is 2. The molecular weight excluding hydrogens is 367 g/mol. The van der Waals surface area contributed by atoms with Gasteiger partial charge in [-0.25, -0.2) is 0 Å². The fourth-order valence-corrected chi connectivity index (χ4v) is 3.41. The van der Waals surface area contributed by atoms with E-state index in [1.807, 2.05) is 25.1 Å². The van der Waals surface area contributed by atoms with Gasteiger partial charge in [0, 0.05) is 31.9 Å². The number of aryl methyl sites for hydroxylation is 1. The second-order valence-corrected chi connectivity index (χ2v) is 6.97. The van der Waals surface area contributed by atoms with Crippen LogP contribution in [0.4, 0.5) is 18.9 Å². The summed E-state index contributed by atoms with van der Waals surface area (Å²) in [6.07, 6.45) is -4.47. The molecule has 1 amide bonds. The quantitative estimate of drug-likeness (QED) is 0.847. The third-order valence-corrected chi connectivity index (χ3v) is 4.92. The number of hydrogen-bond donors (Lipinski definition) is 1. The number of benzene rings is 2. The number of nitrogens with one attached hydrogen (secondary N) is 1. The van der Waals surface area contributed by atoms with Crippen molar-refractivity contribution in [2.24, 2.45) is 0 Å². The van der Waals surface area contributed by atoms with Gasteiger partial charge in [0.05, 0.1) is 6.54 Å². The van der Waals surface area contributed by atoms with Crippen LogP contribution in [0.2, 0.25) is 0 Å². The van der Waals surface area contributed by atoms with Crippen LogP contribution >= 0.6 is 0 Å². The van der Waals surface area contributed by atoms with Crippen LogP contribution < -0.4 is 10.2 Å². The molecular formula is C21H24F3N3O. The first-order valence-corrected chi connectivity index (χ1v) is 9.29. The first-order chi connectivity index (χ1) is 13.3. The molecule has 7 heteroatoms. The fraction of sp³-hybridized carbons (Fsp3) is 0.381. The zero-order valence-electron chi connectivity index (χ0n) is 15.7. The number of anilines is 1. The van der Waals surface area contributed by atoms with Crippen LogP contribution in [-0.2, 0) is 4.79 Å². The fourth-order valence-electron chi connectivity index (χ4n) is 3.41. The maximum Gasteiger partial charge on any atom is 0.407 e. The molecule has 1 atom stereocenters. The minimum absolute atomic E-state index is 0.104. The number of halogens is 3. The first-order valence-electron chi connectivity index (χ1n) is 9.29. The number of carbonyl (C=O) groups is 1. The number of piperazine rings is 1.